The van der Waals surface area contributed by atoms with Gasteiger partial charge in [0.15, 0.2) is 0 Å². The molecular weight excluding hydrogens is 375 g/mol. The summed E-state index contributed by atoms with van der Waals surface area (Å²) in [6.45, 7) is 3.76. The molecule has 2 aromatic carbocycles. The van der Waals surface area contributed by atoms with Gasteiger partial charge in [0.2, 0.25) is 0 Å². The Morgan fingerprint density at radius 1 is 1.14 bits per heavy atom. The van der Waals surface area contributed by atoms with E-state index in [9.17, 15) is 9.18 Å². The summed E-state index contributed by atoms with van der Waals surface area (Å²) in [5.41, 5.74) is 4.34. The van der Waals surface area contributed by atoms with Gasteiger partial charge in [-0.1, -0.05) is 12.1 Å². The van der Waals surface area contributed by atoms with E-state index in [-0.39, 0.29) is 11.7 Å². The van der Waals surface area contributed by atoms with Crippen LogP contribution in [0.25, 0.3) is 16.9 Å². The molecule has 0 unspecified atom stereocenters. The summed E-state index contributed by atoms with van der Waals surface area (Å²) in [5.74, 6) is -0.570. The highest BCUT2D eigenvalue weighted by Gasteiger charge is 2.16. The van der Waals surface area contributed by atoms with Crippen LogP contribution >= 0.6 is 11.3 Å². The van der Waals surface area contributed by atoms with Crippen molar-refractivity contribution in [2.24, 2.45) is 0 Å². The summed E-state index contributed by atoms with van der Waals surface area (Å²) < 4.78 is 14.8. The normalized spacial score (nSPS) is 10.8. The number of amides is 1. The highest BCUT2D eigenvalue weighted by molar-refractivity contribution is 7.09. The number of anilines is 1. The maximum absolute atomic E-state index is 13.1. The molecule has 2 aromatic heterocycles. The van der Waals surface area contributed by atoms with E-state index < -0.39 is 0 Å². The molecule has 1 N–H and O–H groups in total. The molecule has 4 aromatic rings. The second-order valence-electron chi connectivity index (χ2n) is 6.32. The molecule has 0 aliphatic carbocycles. The number of hydrogen-bond donors (Lipinski definition) is 1. The lowest BCUT2D eigenvalue weighted by Gasteiger charge is -2.08. The Morgan fingerprint density at radius 2 is 1.93 bits per heavy atom. The van der Waals surface area contributed by atoms with Crippen molar-refractivity contribution in [1.29, 1.82) is 0 Å². The third-order valence-corrected chi connectivity index (χ3v) is 5.13. The van der Waals surface area contributed by atoms with Crippen molar-refractivity contribution < 1.29 is 9.18 Å². The van der Waals surface area contributed by atoms with Gasteiger partial charge in [-0.2, -0.15) is 5.10 Å². The molecule has 140 valence electrons. The molecule has 0 saturated heterocycles. The molecule has 2 heterocycles. The van der Waals surface area contributed by atoms with Crippen LogP contribution in [-0.4, -0.2) is 20.7 Å². The van der Waals surface area contributed by atoms with Crippen LogP contribution in [0.4, 0.5) is 10.1 Å². The van der Waals surface area contributed by atoms with E-state index in [1.165, 1.54) is 18.3 Å². The predicted octanol–water partition coefficient (Wildman–Crippen LogP) is 5.00. The molecule has 0 bridgehead atoms. The van der Waals surface area contributed by atoms with E-state index in [1.807, 2.05) is 36.6 Å². The fraction of sp³-hybridized carbons (Fsp3) is 0.0952. The van der Waals surface area contributed by atoms with Crippen LogP contribution in [0.3, 0.4) is 0 Å². The van der Waals surface area contributed by atoms with Crippen molar-refractivity contribution >= 4 is 22.9 Å². The maximum Gasteiger partial charge on any atom is 0.259 e. The number of aryl methyl sites for hydroxylation is 1. The van der Waals surface area contributed by atoms with Gasteiger partial charge in [0.1, 0.15) is 5.82 Å². The number of halogens is 1. The smallest absolute Gasteiger partial charge is 0.259 e. The second kappa shape index (κ2) is 7.36. The van der Waals surface area contributed by atoms with E-state index in [0.717, 1.165) is 16.3 Å². The number of benzene rings is 2. The van der Waals surface area contributed by atoms with Crippen molar-refractivity contribution in [3.05, 3.63) is 82.2 Å². The zero-order valence-electron chi connectivity index (χ0n) is 15.3. The van der Waals surface area contributed by atoms with Crippen LogP contribution in [0.1, 0.15) is 21.1 Å². The highest BCUT2D eigenvalue weighted by Crippen LogP contribution is 2.25. The lowest BCUT2D eigenvalue weighted by Crippen LogP contribution is -2.13. The van der Waals surface area contributed by atoms with Crippen LogP contribution < -0.4 is 5.32 Å². The quantitative estimate of drug-likeness (QED) is 0.531. The standard InChI is InChI=1S/C21H17FN4OS/c1-13-19(11-23-26(13)18-8-6-16(22)7-9-18)21(27)25-17-5-3-4-15(10-17)20-12-28-14(2)24-20/h3-12H,1-2H3,(H,25,27). The van der Waals surface area contributed by atoms with Gasteiger partial charge < -0.3 is 5.32 Å². The van der Waals surface area contributed by atoms with Crippen LogP contribution in [0, 0.1) is 19.7 Å². The molecule has 0 aliphatic heterocycles. The zero-order chi connectivity index (χ0) is 19.7. The molecule has 0 radical (unpaired) electrons. The number of rotatable bonds is 4. The lowest BCUT2D eigenvalue weighted by atomic mass is 10.1. The van der Waals surface area contributed by atoms with E-state index >= 15 is 0 Å². The fourth-order valence-corrected chi connectivity index (χ4v) is 3.55. The molecule has 0 atom stereocenters. The lowest BCUT2D eigenvalue weighted by molar-refractivity contribution is 0.102. The second-order valence-corrected chi connectivity index (χ2v) is 7.38. The first-order valence-corrected chi connectivity index (χ1v) is 9.54. The third-order valence-electron chi connectivity index (χ3n) is 4.36. The average molecular weight is 392 g/mol. The van der Waals surface area contributed by atoms with Crippen molar-refractivity contribution in [3.8, 4) is 16.9 Å². The van der Waals surface area contributed by atoms with E-state index in [2.05, 4.69) is 15.4 Å². The molecule has 4 rings (SSSR count). The fourth-order valence-electron chi connectivity index (χ4n) is 2.93. The van der Waals surface area contributed by atoms with Gasteiger partial charge in [-0.3, -0.25) is 4.79 Å². The summed E-state index contributed by atoms with van der Waals surface area (Å²) in [5, 5.41) is 10.2. The maximum atomic E-state index is 13.1. The number of aromatic nitrogens is 3. The van der Waals surface area contributed by atoms with Crippen molar-refractivity contribution in [2.45, 2.75) is 13.8 Å². The Morgan fingerprint density at radius 3 is 2.64 bits per heavy atom. The molecule has 5 nitrogen and oxygen atoms in total. The monoisotopic (exact) mass is 392 g/mol. The number of nitrogens with zero attached hydrogens (tertiary/aromatic N) is 3. The molecule has 0 spiro atoms. The summed E-state index contributed by atoms with van der Waals surface area (Å²) >= 11 is 1.59. The van der Waals surface area contributed by atoms with E-state index in [1.54, 1.807) is 35.1 Å². The summed E-state index contributed by atoms with van der Waals surface area (Å²) in [4.78, 5) is 17.2. The first kappa shape index (κ1) is 18.1. The van der Waals surface area contributed by atoms with Crippen LogP contribution in [0.2, 0.25) is 0 Å². The van der Waals surface area contributed by atoms with Crippen LogP contribution in [0.5, 0.6) is 0 Å². The van der Waals surface area contributed by atoms with Gasteiger partial charge in [0.05, 0.1) is 33.8 Å². The Balaban J connectivity index is 1.57. The van der Waals surface area contributed by atoms with Gasteiger partial charge in [-0.05, 0) is 50.2 Å². The van der Waals surface area contributed by atoms with Gasteiger partial charge in [-0.15, -0.1) is 11.3 Å². The number of carbonyl (C=O) groups is 1. The number of nitrogens with one attached hydrogen (secondary N) is 1. The minimum atomic E-state index is -0.318. The molecular formula is C21H17FN4OS. The Kier molecular flexibility index (Phi) is 4.75. The summed E-state index contributed by atoms with van der Waals surface area (Å²) in [6.07, 6.45) is 1.52. The molecule has 1 amide bonds. The van der Waals surface area contributed by atoms with Crippen molar-refractivity contribution in [3.63, 3.8) is 0 Å². The predicted molar refractivity (Wildman–Crippen MR) is 108 cm³/mol. The zero-order valence-corrected chi connectivity index (χ0v) is 16.1. The Labute approximate surface area is 165 Å². The largest absolute Gasteiger partial charge is 0.322 e. The van der Waals surface area contributed by atoms with Crippen LogP contribution in [0.15, 0.2) is 60.1 Å². The third kappa shape index (κ3) is 3.57. The van der Waals surface area contributed by atoms with Gasteiger partial charge in [-0.25, -0.2) is 14.1 Å². The molecule has 0 saturated carbocycles. The number of hydrogen-bond acceptors (Lipinski definition) is 4. The SMILES string of the molecule is Cc1nc(-c2cccc(NC(=O)c3cnn(-c4ccc(F)cc4)c3C)c2)cs1. The van der Waals surface area contributed by atoms with E-state index in [0.29, 0.717) is 22.6 Å². The van der Waals surface area contributed by atoms with Gasteiger partial charge in [0.25, 0.3) is 5.91 Å². The van der Waals surface area contributed by atoms with Crippen LogP contribution in [-0.2, 0) is 0 Å². The molecule has 0 fully saturated rings. The minimum Gasteiger partial charge on any atom is -0.322 e. The molecule has 28 heavy (non-hydrogen) atoms. The highest BCUT2D eigenvalue weighted by atomic mass is 32.1. The Bertz CT molecular complexity index is 1150. The molecule has 0 aliphatic rings. The van der Waals surface area contributed by atoms with E-state index in [4.69, 9.17) is 0 Å². The van der Waals surface area contributed by atoms with Gasteiger partial charge in [0, 0.05) is 16.6 Å². The first-order valence-electron chi connectivity index (χ1n) is 8.66. The van der Waals surface area contributed by atoms with Crippen molar-refractivity contribution in [2.75, 3.05) is 5.32 Å². The minimum absolute atomic E-state index is 0.252. The average Bonchev–Trinajstić information content (AvgIpc) is 3.29. The Hall–Kier alpha value is -3.32. The topological polar surface area (TPSA) is 59.8 Å². The molecule has 7 heteroatoms. The van der Waals surface area contributed by atoms with Gasteiger partial charge >= 0.3 is 0 Å². The number of thiazole rings is 1. The first-order chi connectivity index (χ1) is 13.5. The van der Waals surface area contributed by atoms with Crippen molar-refractivity contribution in [1.82, 2.24) is 14.8 Å². The summed E-state index contributed by atoms with van der Waals surface area (Å²) in [7, 11) is 0. The number of carbonyl (C=O) groups excluding carboxylic acids is 1. The summed E-state index contributed by atoms with van der Waals surface area (Å²) in [6, 6.07) is 13.5.